The van der Waals surface area contributed by atoms with Crippen LogP contribution >= 0.6 is 11.8 Å². The number of allylic oxidation sites excluding steroid dienone is 1. The predicted molar refractivity (Wildman–Crippen MR) is 212 cm³/mol. The Labute approximate surface area is 325 Å². The molecular weight excluding hydrogens is 733 g/mol. The monoisotopic (exact) mass is 792 g/mol. The minimum atomic E-state index is -4.10. The van der Waals surface area contributed by atoms with Gasteiger partial charge in [0.25, 0.3) is 10.1 Å². The first-order valence-electron chi connectivity index (χ1n) is 19.1. The third-order valence-corrected chi connectivity index (χ3v) is 13.0. The lowest BCUT2D eigenvalue weighted by Gasteiger charge is -2.37. The molecule has 1 aliphatic heterocycles. The van der Waals surface area contributed by atoms with Crippen molar-refractivity contribution in [1.82, 2.24) is 10.3 Å². The number of hydrogen-bond donors (Lipinski definition) is 4. The quantitative estimate of drug-likeness (QED) is 0.0503. The maximum Gasteiger partial charge on any atom is 0.342 e. The van der Waals surface area contributed by atoms with Gasteiger partial charge in [-0.1, -0.05) is 41.5 Å². The van der Waals surface area contributed by atoms with Crippen LogP contribution in [-0.4, -0.2) is 70.5 Å². The average Bonchev–Trinajstić information content (AvgIpc) is 3.51. The molecule has 15 heteroatoms. The third kappa shape index (κ3) is 11.5. The van der Waals surface area contributed by atoms with E-state index in [1.807, 2.05) is 6.92 Å². The fraction of sp³-hybridized carbons (Fsp3) is 0.692. The molecule has 2 amide bonds. The highest BCUT2D eigenvalue weighted by Crippen LogP contribution is 2.38. The number of nitrogens with one attached hydrogen (secondary N) is 3. The highest BCUT2D eigenvalue weighted by Gasteiger charge is 2.38. The number of H-pyrrole nitrogens is 1. The molecule has 2 aliphatic carbocycles. The SMILES string of the molecule is CC(=O)Nc1[nH]c(/C=C2\N=C(NC(=O)C(C)SCCCS(=O)(=O)O)C(C(=O)OC3C(C)CC(C)CC3C)=C2C)c(C)c1COOC1C(C)CC(C)CC1C. The number of aromatic nitrogens is 1. The molecule has 0 spiro atoms. The highest BCUT2D eigenvalue weighted by molar-refractivity contribution is 8.00. The van der Waals surface area contributed by atoms with Crippen LogP contribution in [0.4, 0.5) is 5.82 Å². The van der Waals surface area contributed by atoms with Crippen LogP contribution in [0.25, 0.3) is 6.08 Å². The van der Waals surface area contributed by atoms with E-state index in [4.69, 9.17) is 24.1 Å². The molecule has 0 bridgehead atoms. The van der Waals surface area contributed by atoms with Crippen molar-refractivity contribution in [2.75, 3.05) is 16.8 Å². The summed E-state index contributed by atoms with van der Waals surface area (Å²) in [6, 6.07) is 0. The fourth-order valence-electron chi connectivity index (χ4n) is 8.41. The zero-order valence-corrected chi connectivity index (χ0v) is 35.0. The number of nitrogens with zero attached hydrogens (tertiary/aromatic N) is 1. The molecule has 302 valence electrons. The molecule has 1 aromatic heterocycles. The van der Waals surface area contributed by atoms with Gasteiger partial charge in [-0.15, -0.1) is 11.8 Å². The molecule has 54 heavy (non-hydrogen) atoms. The Balaban J connectivity index is 1.62. The van der Waals surface area contributed by atoms with E-state index in [2.05, 4.69) is 57.2 Å². The number of esters is 1. The van der Waals surface area contributed by atoms with Gasteiger partial charge in [0.15, 0.2) is 0 Å². The van der Waals surface area contributed by atoms with Crippen molar-refractivity contribution in [3.05, 3.63) is 33.7 Å². The summed E-state index contributed by atoms with van der Waals surface area (Å²) >= 11 is 1.23. The number of aromatic amines is 1. The standard InChI is InChI=1S/C39H60N4O9S2/c1-20-14-22(3)34(23(4)15-20)51-39(46)33-27(8)32(42-37(33)43-38(45)28(9)53-12-11-13-54(47,48)49)18-31-26(7)30(36(41-31)40-29(10)44)19-50-52-35-24(5)16-21(2)17-25(35)6/h18,20-25,28,34-35,41H,11-17,19H2,1-10H3,(H,40,44)(H,42,43,45)(H,47,48,49)/b32-18-. The maximum atomic E-state index is 14.0. The van der Waals surface area contributed by atoms with Crippen molar-refractivity contribution >= 4 is 57.4 Å². The zero-order chi connectivity index (χ0) is 40.1. The number of thioether (sulfide) groups is 1. The number of amidine groups is 1. The molecule has 1 aromatic rings. The summed E-state index contributed by atoms with van der Waals surface area (Å²) < 4.78 is 37.5. The van der Waals surface area contributed by atoms with Gasteiger partial charge in [-0.25, -0.2) is 19.6 Å². The van der Waals surface area contributed by atoms with Crippen molar-refractivity contribution in [2.24, 2.45) is 40.5 Å². The van der Waals surface area contributed by atoms with E-state index in [9.17, 15) is 22.8 Å². The molecule has 2 saturated carbocycles. The van der Waals surface area contributed by atoms with E-state index in [0.29, 0.717) is 57.8 Å². The van der Waals surface area contributed by atoms with Crippen molar-refractivity contribution < 1.29 is 41.9 Å². The van der Waals surface area contributed by atoms with Crippen molar-refractivity contribution in [3.63, 3.8) is 0 Å². The van der Waals surface area contributed by atoms with Crippen LogP contribution in [0.15, 0.2) is 21.8 Å². The first kappa shape index (κ1) is 43.7. The molecule has 0 saturated heterocycles. The molecule has 13 nitrogen and oxygen atoms in total. The van der Waals surface area contributed by atoms with Gasteiger partial charge in [-0.05, 0) is 111 Å². The molecule has 3 aliphatic rings. The Morgan fingerprint density at radius 2 is 1.54 bits per heavy atom. The van der Waals surface area contributed by atoms with Crippen molar-refractivity contribution in [1.29, 1.82) is 0 Å². The summed E-state index contributed by atoms with van der Waals surface area (Å²) in [5, 5.41) is 5.07. The Bertz CT molecular complexity index is 1730. The van der Waals surface area contributed by atoms with Crippen LogP contribution in [0.1, 0.15) is 111 Å². The van der Waals surface area contributed by atoms with Crippen LogP contribution in [0, 0.1) is 42.4 Å². The molecule has 0 aromatic carbocycles. The highest BCUT2D eigenvalue weighted by atomic mass is 32.2. The maximum absolute atomic E-state index is 14.0. The first-order valence-corrected chi connectivity index (χ1v) is 21.8. The lowest BCUT2D eigenvalue weighted by atomic mass is 9.75. The van der Waals surface area contributed by atoms with Gasteiger partial charge in [0, 0.05) is 18.2 Å². The molecule has 4 N–H and O–H groups in total. The molecule has 2 fully saturated rings. The number of hydrogen-bond acceptors (Lipinski definition) is 10. The van der Waals surface area contributed by atoms with Crippen LogP contribution in [-0.2, 0) is 45.6 Å². The van der Waals surface area contributed by atoms with Crippen molar-refractivity contribution in [3.8, 4) is 0 Å². The third-order valence-electron chi connectivity index (χ3n) is 10.9. The summed E-state index contributed by atoms with van der Waals surface area (Å²) in [6.07, 6.45) is 5.60. The predicted octanol–water partition coefficient (Wildman–Crippen LogP) is 7.00. The van der Waals surface area contributed by atoms with E-state index < -0.39 is 33.0 Å². The fourth-order valence-corrected chi connectivity index (χ4v) is 9.97. The Kier molecular flexibility index (Phi) is 15.2. The number of carbonyl (C=O) groups excluding carboxylic acids is 3. The second kappa shape index (κ2) is 18.8. The molecule has 4 rings (SSSR count). The molecule has 2 heterocycles. The minimum absolute atomic E-state index is 0.0422. The van der Waals surface area contributed by atoms with E-state index in [1.54, 1.807) is 19.9 Å². The van der Waals surface area contributed by atoms with Gasteiger partial charge in [-0.2, -0.15) is 8.42 Å². The normalized spacial score (nSPS) is 28.9. The molecule has 5 unspecified atom stereocenters. The lowest BCUT2D eigenvalue weighted by Crippen LogP contribution is -2.41. The van der Waals surface area contributed by atoms with Gasteiger partial charge in [0.05, 0.1) is 22.8 Å². The smallest absolute Gasteiger partial charge is 0.342 e. The topological polar surface area (TPSA) is 185 Å². The summed E-state index contributed by atoms with van der Waals surface area (Å²) in [5.41, 5.74) is 3.20. The first-order chi connectivity index (χ1) is 25.2. The second-order valence-corrected chi connectivity index (χ2v) is 19.1. The summed E-state index contributed by atoms with van der Waals surface area (Å²) in [7, 11) is -4.10. The van der Waals surface area contributed by atoms with Crippen LogP contribution in [0.3, 0.4) is 0 Å². The van der Waals surface area contributed by atoms with Gasteiger partial charge in [0.2, 0.25) is 11.8 Å². The zero-order valence-electron chi connectivity index (χ0n) is 33.4. The molecule has 0 radical (unpaired) electrons. The van der Waals surface area contributed by atoms with Crippen LogP contribution in [0.5, 0.6) is 0 Å². The summed E-state index contributed by atoms with van der Waals surface area (Å²) in [4.78, 5) is 59.4. The van der Waals surface area contributed by atoms with E-state index >= 15 is 0 Å². The van der Waals surface area contributed by atoms with E-state index in [-0.39, 0.29) is 54.4 Å². The lowest BCUT2D eigenvalue weighted by molar-refractivity contribution is -0.354. The second-order valence-electron chi connectivity index (χ2n) is 16.1. The van der Waals surface area contributed by atoms with Gasteiger partial charge in [-0.3, -0.25) is 14.1 Å². The number of amides is 2. The van der Waals surface area contributed by atoms with Crippen LogP contribution < -0.4 is 10.6 Å². The average molecular weight is 793 g/mol. The Hall–Kier alpha value is -2.98. The largest absolute Gasteiger partial charge is 0.458 e. The van der Waals surface area contributed by atoms with Gasteiger partial charge >= 0.3 is 5.97 Å². The number of ether oxygens (including phenoxy) is 1. The van der Waals surface area contributed by atoms with Gasteiger partial charge < -0.3 is 20.4 Å². The van der Waals surface area contributed by atoms with Crippen LogP contribution in [0.2, 0.25) is 0 Å². The number of carbonyl (C=O) groups is 3. The Morgan fingerprint density at radius 1 is 0.963 bits per heavy atom. The van der Waals surface area contributed by atoms with Gasteiger partial charge in [0.1, 0.15) is 29.9 Å². The Morgan fingerprint density at radius 3 is 2.09 bits per heavy atom. The molecule has 5 atom stereocenters. The van der Waals surface area contributed by atoms with E-state index in [1.165, 1.54) is 18.7 Å². The molecular formula is C39H60N4O9S2. The number of aliphatic imine (C=N–C) groups is 1. The van der Waals surface area contributed by atoms with Crippen molar-refractivity contribution in [2.45, 2.75) is 125 Å². The van der Waals surface area contributed by atoms with E-state index in [0.717, 1.165) is 31.2 Å². The minimum Gasteiger partial charge on any atom is -0.458 e. The number of rotatable bonds is 14. The number of anilines is 1. The summed E-state index contributed by atoms with van der Waals surface area (Å²) in [5.74, 6) is 1.35. The summed E-state index contributed by atoms with van der Waals surface area (Å²) in [6.45, 7) is 19.8.